The van der Waals surface area contributed by atoms with Crippen LogP contribution in [0.3, 0.4) is 0 Å². The minimum atomic E-state index is -1.01. The number of hydrogen-bond acceptors (Lipinski definition) is 4. The predicted octanol–water partition coefficient (Wildman–Crippen LogP) is 5.03. The third-order valence-corrected chi connectivity index (χ3v) is 4.55. The highest BCUT2D eigenvalue weighted by atomic mass is 32.1. The fourth-order valence-electron chi connectivity index (χ4n) is 2.18. The maximum absolute atomic E-state index is 13.2. The highest BCUT2D eigenvalue weighted by Crippen LogP contribution is 2.27. The molecule has 0 saturated heterocycles. The van der Waals surface area contributed by atoms with Gasteiger partial charge in [-0.3, -0.25) is 4.79 Å². The summed E-state index contributed by atoms with van der Waals surface area (Å²) in [6.07, 6.45) is 0. The molecule has 3 rings (SSSR count). The molecule has 3 aromatic rings. The lowest BCUT2D eigenvalue weighted by molar-refractivity contribution is 0.103. The molecule has 2 aromatic carbocycles. The van der Waals surface area contributed by atoms with Gasteiger partial charge in [-0.15, -0.1) is 0 Å². The summed E-state index contributed by atoms with van der Waals surface area (Å²) >= 11 is 1.19. The van der Waals surface area contributed by atoms with Crippen LogP contribution in [0, 0.1) is 25.5 Å². The zero-order valence-corrected chi connectivity index (χ0v) is 14.4. The number of carbonyl (C=O) groups is 1. The lowest BCUT2D eigenvalue weighted by atomic mass is 10.2. The van der Waals surface area contributed by atoms with E-state index in [1.807, 2.05) is 31.2 Å². The van der Waals surface area contributed by atoms with Gasteiger partial charge >= 0.3 is 0 Å². The molecule has 128 valence electrons. The van der Waals surface area contributed by atoms with E-state index >= 15 is 0 Å². The van der Waals surface area contributed by atoms with Gasteiger partial charge < -0.3 is 10.6 Å². The number of carbonyl (C=O) groups excluding carboxylic acids is 1. The van der Waals surface area contributed by atoms with Crippen LogP contribution < -0.4 is 10.6 Å². The quantitative estimate of drug-likeness (QED) is 0.687. The Hall–Kier alpha value is -2.80. The topological polar surface area (TPSA) is 54.0 Å². The Morgan fingerprint density at radius 2 is 1.68 bits per heavy atom. The van der Waals surface area contributed by atoms with Crippen LogP contribution in [-0.2, 0) is 0 Å². The molecule has 0 aliphatic rings. The number of halogens is 2. The average Bonchev–Trinajstić information content (AvgIpc) is 2.94. The van der Waals surface area contributed by atoms with E-state index in [0.717, 1.165) is 23.4 Å². The molecule has 1 amide bonds. The van der Waals surface area contributed by atoms with Crippen LogP contribution in [-0.4, -0.2) is 10.9 Å². The number of amides is 1. The SMILES string of the molecule is Cc1ccc(Nc2nc(C)c(C(=O)Nc3ccc(F)c(F)c3)s2)cc1. The van der Waals surface area contributed by atoms with Crippen molar-refractivity contribution in [1.29, 1.82) is 0 Å². The van der Waals surface area contributed by atoms with Gasteiger partial charge in [0.1, 0.15) is 4.88 Å². The molecule has 0 aliphatic carbocycles. The number of nitrogens with one attached hydrogen (secondary N) is 2. The van der Waals surface area contributed by atoms with E-state index in [4.69, 9.17) is 0 Å². The number of rotatable bonds is 4. The maximum Gasteiger partial charge on any atom is 0.267 e. The molecule has 7 heteroatoms. The van der Waals surface area contributed by atoms with Gasteiger partial charge in [-0.05, 0) is 38.1 Å². The first-order valence-electron chi connectivity index (χ1n) is 7.50. The molecule has 0 saturated carbocycles. The van der Waals surface area contributed by atoms with Crippen LogP contribution in [0.25, 0.3) is 0 Å². The van der Waals surface area contributed by atoms with Crippen LogP contribution in [0.15, 0.2) is 42.5 Å². The molecule has 0 atom stereocenters. The molecule has 0 fully saturated rings. The molecule has 0 bridgehead atoms. The van der Waals surface area contributed by atoms with Crippen LogP contribution in [0.2, 0.25) is 0 Å². The van der Waals surface area contributed by atoms with Crippen molar-refractivity contribution in [3.05, 3.63) is 70.2 Å². The summed E-state index contributed by atoms with van der Waals surface area (Å²) in [6.45, 7) is 3.72. The Kier molecular flexibility index (Phi) is 4.76. The van der Waals surface area contributed by atoms with E-state index in [9.17, 15) is 13.6 Å². The Labute approximate surface area is 147 Å². The zero-order valence-electron chi connectivity index (χ0n) is 13.6. The summed E-state index contributed by atoms with van der Waals surface area (Å²) in [6, 6.07) is 11.0. The fourth-order valence-corrected chi connectivity index (χ4v) is 3.06. The van der Waals surface area contributed by atoms with Crippen molar-refractivity contribution in [2.75, 3.05) is 10.6 Å². The Morgan fingerprint density at radius 3 is 2.36 bits per heavy atom. The molecular weight excluding hydrogens is 344 g/mol. The molecule has 0 aliphatic heterocycles. The second-order valence-corrected chi connectivity index (χ2v) is 6.51. The van der Waals surface area contributed by atoms with E-state index in [2.05, 4.69) is 15.6 Å². The van der Waals surface area contributed by atoms with E-state index in [1.165, 1.54) is 17.4 Å². The van der Waals surface area contributed by atoms with E-state index in [-0.39, 0.29) is 5.69 Å². The lowest BCUT2D eigenvalue weighted by Crippen LogP contribution is -2.11. The second kappa shape index (κ2) is 6.98. The molecule has 1 aromatic heterocycles. The van der Waals surface area contributed by atoms with Crippen molar-refractivity contribution in [2.24, 2.45) is 0 Å². The van der Waals surface area contributed by atoms with Crippen LogP contribution in [0.1, 0.15) is 20.9 Å². The van der Waals surface area contributed by atoms with Crippen LogP contribution in [0.5, 0.6) is 0 Å². The van der Waals surface area contributed by atoms with Crippen molar-refractivity contribution in [3.8, 4) is 0 Å². The van der Waals surface area contributed by atoms with Crippen LogP contribution >= 0.6 is 11.3 Å². The first-order chi connectivity index (χ1) is 11.9. The highest BCUT2D eigenvalue weighted by Gasteiger charge is 2.16. The van der Waals surface area contributed by atoms with Gasteiger partial charge in [0.05, 0.1) is 5.69 Å². The summed E-state index contributed by atoms with van der Waals surface area (Å²) in [5, 5.41) is 6.27. The van der Waals surface area contributed by atoms with Gasteiger partial charge in [0, 0.05) is 17.4 Å². The maximum atomic E-state index is 13.2. The van der Waals surface area contributed by atoms with Gasteiger partial charge in [0.25, 0.3) is 5.91 Å². The summed E-state index contributed by atoms with van der Waals surface area (Å²) < 4.78 is 26.2. The van der Waals surface area contributed by atoms with E-state index in [0.29, 0.717) is 15.7 Å². The molecule has 1 heterocycles. The highest BCUT2D eigenvalue weighted by molar-refractivity contribution is 7.17. The predicted molar refractivity (Wildman–Crippen MR) is 95.6 cm³/mol. The molecule has 0 radical (unpaired) electrons. The Morgan fingerprint density at radius 1 is 1.00 bits per heavy atom. The molecule has 2 N–H and O–H groups in total. The van der Waals surface area contributed by atoms with Gasteiger partial charge in [-0.1, -0.05) is 29.0 Å². The van der Waals surface area contributed by atoms with Crippen molar-refractivity contribution in [2.45, 2.75) is 13.8 Å². The number of nitrogens with zero attached hydrogens (tertiary/aromatic N) is 1. The van der Waals surface area contributed by atoms with Crippen molar-refractivity contribution < 1.29 is 13.6 Å². The smallest absolute Gasteiger partial charge is 0.267 e. The van der Waals surface area contributed by atoms with Crippen molar-refractivity contribution in [1.82, 2.24) is 4.98 Å². The fraction of sp³-hybridized carbons (Fsp3) is 0.111. The minimum absolute atomic E-state index is 0.185. The monoisotopic (exact) mass is 359 g/mol. The molecular formula is C18H15F2N3OS. The number of aromatic nitrogens is 1. The number of anilines is 3. The van der Waals surface area contributed by atoms with Gasteiger partial charge in [-0.2, -0.15) is 0 Å². The van der Waals surface area contributed by atoms with Crippen LogP contribution in [0.4, 0.5) is 25.3 Å². The van der Waals surface area contributed by atoms with Crippen molar-refractivity contribution in [3.63, 3.8) is 0 Å². The number of benzene rings is 2. The summed E-state index contributed by atoms with van der Waals surface area (Å²) in [5.41, 5.74) is 2.75. The molecule has 0 unspecified atom stereocenters. The van der Waals surface area contributed by atoms with Gasteiger partial charge in [0.2, 0.25) is 0 Å². The Bertz CT molecular complexity index is 923. The van der Waals surface area contributed by atoms with Crippen molar-refractivity contribution >= 4 is 33.8 Å². The van der Waals surface area contributed by atoms with Gasteiger partial charge in [0.15, 0.2) is 16.8 Å². The van der Waals surface area contributed by atoms with Gasteiger partial charge in [-0.25, -0.2) is 13.8 Å². The minimum Gasteiger partial charge on any atom is -0.332 e. The van der Waals surface area contributed by atoms with E-state index < -0.39 is 17.5 Å². The lowest BCUT2D eigenvalue weighted by Gasteiger charge is -2.04. The zero-order chi connectivity index (χ0) is 18.0. The molecule has 25 heavy (non-hydrogen) atoms. The Balaban J connectivity index is 1.75. The number of hydrogen-bond donors (Lipinski definition) is 2. The summed E-state index contributed by atoms with van der Waals surface area (Å²) in [7, 11) is 0. The molecule has 4 nitrogen and oxygen atoms in total. The number of thiazole rings is 1. The normalized spacial score (nSPS) is 10.6. The molecule has 0 spiro atoms. The largest absolute Gasteiger partial charge is 0.332 e. The number of aryl methyl sites for hydroxylation is 2. The first kappa shape index (κ1) is 17.0. The third kappa shape index (κ3) is 4.00. The average molecular weight is 359 g/mol. The summed E-state index contributed by atoms with van der Waals surface area (Å²) in [5.74, 6) is -2.39. The third-order valence-electron chi connectivity index (χ3n) is 3.48. The second-order valence-electron chi connectivity index (χ2n) is 5.51. The first-order valence-corrected chi connectivity index (χ1v) is 8.31. The van der Waals surface area contributed by atoms with E-state index in [1.54, 1.807) is 6.92 Å². The summed E-state index contributed by atoms with van der Waals surface area (Å²) in [4.78, 5) is 17.1. The standard InChI is InChI=1S/C18H15F2N3OS/c1-10-3-5-12(6-4-10)23-18-21-11(2)16(25-18)17(24)22-13-7-8-14(19)15(20)9-13/h3-9H,1-2H3,(H,21,23)(H,22,24).